The number of nitrogens with zero attached hydrogens (tertiary/aromatic N) is 29. The third-order valence-electron chi connectivity index (χ3n) is 19.9. The van der Waals surface area contributed by atoms with Crippen molar-refractivity contribution in [3.8, 4) is 45.6 Å². The van der Waals surface area contributed by atoms with Gasteiger partial charge in [0.15, 0.2) is 22.6 Å². The molecular weight excluding hydrogens is 1430 g/mol. The van der Waals surface area contributed by atoms with Crippen LogP contribution in [0.15, 0.2) is 165 Å². The van der Waals surface area contributed by atoms with Crippen molar-refractivity contribution < 1.29 is 0 Å². The Kier molecular flexibility index (Phi) is 19.3. The molecular formula is C76H80N32O4. The van der Waals surface area contributed by atoms with Crippen LogP contribution in [0.1, 0.15) is 43.6 Å². The Morgan fingerprint density at radius 2 is 0.598 bits per heavy atom. The Morgan fingerprint density at radius 3 is 0.920 bits per heavy atom. The number of hydrogen-bond acceptors (Lipinski definition) is 28. The van der Waals surface area contributed by atoms with E-state index in [0.29, 0.717) is 126 Å². The molecule has 36 nitrogen and oxygen atoms in total. The van der Waals surface area contributed by atoms with Gasteiger partial charge in [-0.2, -0.15) is 0 Å². The molecule has 16 aromatic heterocycles. The molecule has 0 aliphatic carbocycles. The van der Waals surface area contributed by atoms with Crippen LogP contribution in [0.25, 0.3) is 90.7 Å². The molecule has 0 radical (unpaired) electrons. The normalized spacial score (nSPS) is 16.5. The summed E-state index contributed by atoms with van der Waals surface area (Å²) in [5.74, 6) is 2.58. The van der Waals surface area contributed by atoms with Gasteiger partial charge in [-0.05, 0) is 159 Å². The van der Waals surface area contributed by atoms with Crippen LogP contribution in [0.3, 0.4) is 0 Å². The summed E-state index contributed by atoms with van der Waals surface area (Å²) in [5.41, 5.74) is 13.0. The van der Waals surface area contributed by atoms with Crippen molar-refractivity contribution in [1.29, 1.82) is 0 Å². The molecule has 112 heavy (non-hydrogen) atoms. The van der Waals surface area contributed by atoms with Gasteiger partial charge >= 0.3 is 0 Å². The van der Waals surface area contributed by atoms with Gasteiger partial charge in [-0.25, -0.2) is 39.9 Å². The van der Waals surface area contributed by atoms with Crippen molar-refractivity contribution in [3.63, 3.8) is 0 Å². The maximum atomic E-state index is 12.8. The van der Waals surface area contributed by atoms with Crippen LogP contribution in [0.4, 0.5) is 22.7 Å². The average Bonchev–Trinajstić information content (AvgIpc) is 1.46. The molecule has 16 aromatic rings. The van der Waals surface area contributed by atoms with Crippen LogP contribution < -0.4 is 57.8 Å². The number of aromatic nitrogens is 24. The van der Waals surface area contributed by atoms with Gasteiger partial charge in [0.25, 0.3) is 22.2 Å². The molecule has 568 valence electrons. The zero-order valence-corrected chi connectivity index (χ0v) is 62.7. The Hall–Kier alpha value is -13.3. The molecule has 4 aliphatic rings. The van der Waals surface area contributed by atoms with Crippen LogP contribution in [0.5, 0.6) is 0 Å². The Balaban J connectivity index is 0.000000108. The first-order valence-corrected chi connectivity index (χ1v) is 37.2. The minimum Gasteiger partial charge on any atom is -0.369 e. The number of pyridine rings is 4. The lowest BCUT2D eigenvalue weighted by molar-refractivity contribution is 0.360. The second-order valence-electron chi connectivity index (χ2n) is 28.3. The lowest BCUT2D eigenvalue weighted by Gasteiger charge is -2.33. The van der Waals surface area contributed by atoms with Crippen molar-refractivity contribution in [2.75, 3.05) is 118 Å². The first-order chi connectivity index (χ1) is 54.4. The van der Waals surface area contributed by atoms with E-state index >= 15 is 0 Å². The van der Waals surface area contributed by atoms with E-state index in [0.717, 1.165) is 121 Å². The maximum Gasteiger partial charge on any atom is 0.258 e. The number of aryl methyl sites for hydroxylation is 4. The highest BCUT2D eigenvalue weighted by Gasteiger charge is 2.22. The molecule has 3 N–H and O–H groups in total. The molecule has 0 amide bonds. The van der Waals surface area contributed by atoms with E-state index < -0.39 is 0 Å². The molecule has 20 rings (SSSR count). The zero-order valence-electron chi connectivity index (χ0n) is 62.7. The van der Waals surface area contributed by atoms with E-state index in [2.05, 4.69) is 142 Å². The largest absolute Gasteiger partial charge is 0.369 e. The quantitative estimate of drug-likeness (QED) is 0.196. The Labute approximate surface area is 637 Å². The highest BCUT2D eigenvalue weighted by molar-refractivity contribution is 5.65. The molecule has 2 atom stereocenters. The number of anilines is 4. The summed E-state index contributed by atoms with van der Waals surface area (Å²) in [6.07, 6.45) is 8.58. The van der Waals surface area contributed by atoms with E-state index in [1.807, 2.05) is 131 Å². The van der Waals surface area contributed by atoms with Crippen LogP contribution in [0.2, 0.25) is 0 Å². The molecule has 0 aromatic carbocycles. The zero-order chi connectivity index (χ0) is 76.8. The minimum absolute atomic E-state index is 0.129. The topological polar surface area (TPSA) is 362 Å². The smallest absolute Gasteiger partial charge is 0.258 e. The number of rotatable bonds is 8. The summed E-state index contributed by atoms with van der Waals surface area (Å²) >= 11 is 0. The lowest BCUT2D eigenvalue weighted by Crippen LogP contribution is -2.49. The number of piperazine rings is 3. The van der Waals surface area contributed by atoms with Crippen molar-refractivity contribution in [2.24, 2.45) is 0 Å². The third-order valence-corrected chi connectivity index (χ3v) is 19.9. The third kappa shape index (κ3) is 15.2. The van der Waals surface area contributed by atoms with Crippen LogP contribution >= 0.6 is 0 Å². The van der Waals surface area contributed by atoms with Gasteiger partial charge < -0.3 is 40.4 Å². The molecule has 4 aliphatic heterocycles. The van der Waals surface area contributed by atoms with Crippen LogP contribution in [-0.2, 0) is 0 Å². The van der Waals surface area contributed by atoms with Crippen molar-refractivity contribution in [3.05, 3.63) is 211 Å². The molecule has 0 saturated carbocycles. The molecule has 20 heterocycles. The second-order valence-corrected chi connectivity index (χ2v) is 28.3. The SMILES string of the molecule is Cc1nc2ccc(-c3cc(=O)n4cc(N5CCCN(C)CC5)ccc4n3)nn2n1.Cc1nc2ccc(-c3cc(=O)n4cc(N5CCNCC5)ccc4n3)nn2n1.Cc1nc2ccc(-c3cc(=O)n4cc(N5CCN[C@@H](C)C5)ccc4n3)nn2n1.Cc1nc2ccc(-c3cc(=O)n4cc(N5CCN[C@H](C)C5)ccc4n3)nn2n1. The number of fused-ring (bicyclic) bond motifs is 8. The van der Waals surface area contributed by atoms with Gasteiger partial charge in [0.1, 0.15) is 68.7 Å². The fourth-order valence-electron chi connectivity index (χ4n) is 14.3. The predicted molar refractivity (Wildman–Crippen MR) is 423 cm³/mol. The number of likely N-dealkylation sites (N-methyl/N-ethyl adjacent to an activating group) is 1. The predicted octanol–water partition coefficient (Wildman–Crippen LogP) is 3.58. The summed E-state index contributed by atoms with van der Waals surface area (Å²) in [5, 5.41) is 44.8. The monoisotopic (exact) mass is 1500 g/mol. The molecule has 0 bridgehead atoms. The first-order valence-electron chi connectivity index (χ1n) is 37.2. The lowest BCUT2D eigenvalue weighted by atomic mass is 10.2. The highest BCUT2D eigenvalue weighted by atomic mass is 16.1. The average molecular weight is 1510 g/mol. The van der Waals surface area contributed by atoms with Crippen LogP contribution in [-0.4, -0.2) is 232 Å². The van der Waals surface area contributed by atoms with Gasteiger partial charge in [0, 0.05) is 146 Å². The minimum atomic E-state index is -0.137. The van der Waals surface area contributed by atoms with Gasteiger partial charge in [-0.15, -0.1) is 59.3 Å². The van der Waals surface area contributed by atoms with Gasteiger partial charge in [-0.3, -0.25) is 36.8 Å². The second kappa shape index (κ2) is 30.3. The van der Waals surface area contributed by atoms with Gasteiger partial charge in [0.05, 0.1) is 45.5 Å². The molecule has 4 saturated heterocycles. The van der Waals surface area contributed by atoms with Crippen LogP contribution in [0, 0.1) is 27.7 Å². The Bertz CT molecular complexity index is 6320. The molecule has 36 heteroatoms. The van der Waals surface area contributed by atoms with Gasteiger partial charge in [0.2, 0.25) is 0 Å². The van der Waals surface area contributed by atoms with E-state index in [4.69, 9.17) is 0 Å². The highest BCUT2D eigenvalue weighted by Crippen LogP contribution is 2.25. The van der Waals surface area contributed by atoms with Crippen molar-refractivity contribution in [2.45, 2.75) is 60.0 Å². The van der Waals surface area contributed by atoms with E-state index in [9.17, 15) is 19.2 Å². The maximum absolute atomic E-state index is 12.8. The number of nitrogens with one attached hydrogen (secondary N) is 3. The summed E-state index contributed by atoms with van der Waals surface area (Å²) in [6, 6.07) is 37.0. The Morgan fingerprint density at radius 1 is 0.304 bits per heavy atom. The van der Waals surface area contributed by atoms with E-state index in [-0.39, 0.29) is 22.2 Å². The van der Waals surface area contributed by atoms with Crippen molar-refractivity contribution in [1.82, 2.24) is 138 Å². The van der Waals surface area contributed by atoms with Crippen molar-refractivity contribution >= 4 is 67.9 Å². The van der Waals surface area contributed by atoms with E-state index in [1.54, 1.807) is 35.8 Å². The molecule has 0 spiro atoms. The first kappa shape index (κ1) is 71.6. The summed E-state index contributed by atoms with van der Waals surface area (Å²) < 4.78 is 12.2. The fraction of sp³-hybridized carbons (Fsp3) is 0.316. The summed E-state index contributed by atoms with van der Waals surface area (Å²) in [4.78, 5) is 98.2. The fourth-order valence-corrected chi connectivity index (χ4v) is 14.3. The van der Waals surface area contributed by atoms with E-state index in [1.165, 1.54) is 42.8 Å². The number of hydrogen-bond donors (Lipinski definition) is 3. The molecule has 0 unspecified atom stereocenters. The summed E-state index contributed by atoms with van der Waals surface area (Å²) in [7, 11) is 2.14. The summed E-state index contributed by atoms with van der Waals surface area (Å²) in [6.45, 7) is 24.9. The van der Waals surface area contributed by atoms with Gasteiger partial charge in [-0.1, -0.05) is 0 Å². The standard InChI is InChI=1S/C20H22N8O.2C19H20N8O.C18H18N8O/c1-14-21-19-7-5-16(24-28(19)23-14)17-12-20(29)27-13-15(4-6-18(27)22-17)26-9-3-8-25(2)10-11-26;2*1-12-10-25(8-7-20-12)14-3-5-17-22-16(9-19(28)26(17)11-14)15-4-6-18-21-13(2)23-27(18)24-15;1-12-20-17-5-3-14(23-26(17)22-12)15-10-18(27)25-11-13(2-4-16(25)21-15)24-8-6-19-7-9-24/h4-7,12-13H,3,8-11H2,1-2H3;2*3-6,9,11-12,20H,7-8,10H2,1-2H3;2-5,10-11,19H,6-9H2,1H3/t;2*12-;/m.10./s1. The molecule has 4 fully saturated rings.